The van der Waals surface area contributed by atoms with Gasteiger partial charge in [0.1, 0.15) is 6.54 Å². The lowest BCUT2D eigenvalue weighted by Crippen LogP contribution is -2.41. The molecule has 10 heteroatoms. The number of carbonyl (C=O) groups excluding carboxylic acids is 2. The van der Waals surface area contributed by atoms with Crippen LogP contribution in [0.3, 0.4) is 0 Å². The van der Waals surface area contributed by atoms with E-state index in [1.54, 1.807) is 0 Å². The van der Waals surface area contributed by atoms with Gasteiger partial charge >= 0.3 is 16.3 Å². The molecule has 0 aromatic carbocycles. The summed E-state index contributed by atoms with van der Waals surface area (Å²) < 4.78 is 29.5. The average Bonchev–Trinajstić information content (AvgIpc) is 2.30. The highest BCUT2D eigenvalue weighted by atomic mass is 32.2. The third-order valence-electron chi connectivity index (χ3n) is 1.00. The lowest BCUT2D eigenvalue weighted by atomic mass is 10.6. The SMILES string of the molecule is O=C1CN=NN1C(=O)NS(=O)(=O)O. The molecule has 72 valence electrons. The molecule has 2 N–H and O–H groups in total. The summed E-state index contributed by atoms with van der Waals surface area (Å²) in [6, 6.07) is -1.37. The Kier molecular flexibility index (Phi) is 2.25. The monoisotopic (exact) mass is 208 g/mol. The van der Waals surface area contributed by atoms with Crippen molar-refractivity contribution in [2.75, 3.05) is 6.54 Å². The quantitative estimate of drug-likeness (QED) is 0.518. The van der Waals surface area contributed by atoms with Crippen molar-refractivity contribution in [2.24, 2.45) is 10.3 Å². The fraction of sp³-hybridized carbons (Fsp3) is 0.333. The molecule has 0 radical (unpaired) electrons. The number of rotatable bonds is 1. The first kappa shape index (κ1) is 9.54. The van der Waals surface area contributed by atoms with Gasteiger partial charge in [-0.3, -0.25) is 9.35 Å². The van der Waals surface area contributed by atoms with Gasteiger partial charge < -0.3 is 0 Å². The van der Waals surface area contributed by atoms with Gasteiger partial charge in [-0.25, -0.2) is 9.52 Å². The Morgan fingerprint density at radius 2 is 2.23 bits per heavy atom. The van der Waals surface area contributed by atoms with Crippen LogP contribution in [-0.2, 0) is 15.1 Å². The van der Waals surface area contributed by atoms with Crippen LogP contribution in [-0.4, -0.2) is 36.5 Å². The van der Waals surface area contributed by atoms with Crippen molar-refractivity contribution >= 4 is 22.2 Å². The molecule has 3 amide bonds. The summed E-state index contributed by atoms with van der Waals surface area (Å²) in [6.45, 7) is -0.321. The summed E-state index contributed by atoms with van der Waals surface area (Å²) in [5.74, 6) is -0.777. The molecule has 0 aliphatic carbocycles. The van der Waals surface area contributed by atoms with Gasteiger partial charge in [-0.2, -0.15) is 13.5 Å². The number of imide groups is 1. The Bertz CT molecular complexity index is 371. The zero-order chi connectivity index (χ0) is 10.1. The van der Waals surface area contributed by atoms with Crippen LogP contribution < -0.4 is 4.72 Å². The second-order valence-electron chi connectivity index (χ2n) is 1.98. The van der Waals surface area contributed by atoms with Crippen molar-refractivity contribution in [1.82, 2.24) is 9.73 Å². The Hall–Kier alpha value is -1.55. The Balaban J connectivity index is 2.69. The number of carbonyl (C=O) groups is 2. The molecule has 0 aromatic rings. The summed E-state index contributed by atoms with van der Waals surface area (Å²) in [5, 5.41) is 6.39. The number of hydrogen-bond donors (Lipinski definition) is 2. The topological polar surface area (TPSA) is 128 Å². The minimum atomic E-state index is -4.68. The third kappa shape index (κ3) is 2.45. The maximum Gasteiger partial charge on any atom is 0.362 e. The normalized spacial score (nSPS) is 16.4. The Morgan fingerprint density at radius 3 is 2.62 bits per heavy atom. The highest BCUT2D eigenvalue weighted by Gasteiger charge is 2.27. The van der Waals surface area contributed by atoms with E-state index >= 15 is 0 Å². The summed E-state index contributed by atoms with van der Waals surface area (Å²) in [4.78, 5) is 21.5. The lowest BCUT2D eigenvalue weighted by molar-refractivity contribution is -0.124. The lowest BCUT2D eigenvalue weighted by Gasteiger charge is -2.06. The van der Waals surface area contributed by atoms with Crippen LogP contribution in [0, 0.1) is 0 Å². The van der Waals surface area contributed by atoms with Gasteiger partial charge in [0, 0.05) is 0 Å². The molecule has 0 saturated heterocycles. The molecule has 0 aromatic heterocycles. The Morgan fingerprint density at radius 1 is 1.62 bits per heavy atom. The number of hydrogen-bond acceptors (Lipinski definition) is 6. The van der Waals surface area contributed by atoms with E-state index in [0.29, 0.717) is 0 Å². The standard InChI is InChI=1S/C3H4N4O5S/c8-2-1-4-6-7(2)3(9)5-13(10,11)12/h1H2,(H,5,9)(H,10,11,12). The van der Waals surface area contributed by atoms with E-state index in [2.05, 4.69) is 10.3 Å². The zero-order valence-corrected chi connectivity index (χ0v) is 6.85. The Labute approximate surface area is 72.3 Å². The zero-order valence-electron chi connectivity index (χ0n) is 6.04. The number of urea groups is 1. The van der Waals surface area contributed by atoms with Crippen molar-refractivity contribution < 1.29 is 22.6 Å². The van der Waals surface area contributed by atoms with Gasteiger partial charge in [-0.05, 0) is 0 Å². The highest BCUT2D eigenvalue weighted by molar-refractivity contribution is 7.84. The first-order valence-corrected chi connectivity index (χ1v) is 4.34. The van der Waals surface area contributed by atoms with Crippen LogP contribution >= 0.6 is 0 Å². The van der Waals surface area contributed by atoms with Gasteiger partial charge in [0.15, 0.2) is 0 Å². The number of nitrogens with one attached hydrogen (secondary N) is 1. The summed E-state index contributed by atoms with van der Waals surface area (Å²) in [7, 11) is -4.68. The third-order valence-corrected chi connectivity index (χ3v) is 1.44. The van der Waals surface area contributed by atoms with Crippen molar-refractivity contribution in [2.45, 2.75) is 0 Å². The van der Waals surface area contributed by atoms with E-state index in [4.69, 9.17) is 4.55 Å². The molecule has 0 saturated carbocycles. The van der Waals surface area contributed by atoms with Gasteiger partial charge in [0.05, 0.1) is 0 Å². The highest BCUT2D eigenvalue weighted by Crippen LogP contribution is 2.02. The van der Waals surface area contributed by atoms with Crippen LogP contribution in [0.4, 0.5) is 4.79 Å². The second kappa shape index (κ2) is 3.06. The maximum atomic E-state index is 10.8. The molecule has 13 heavy (non-hydrogen) atoms. The van der Waals surface area contributed by atoms with Crippen molar-refractivity contribution in [3.8, 4) is 0 Å². The van der Waals surface area contributed by atoms with Gasteiger partial charge in [0.2, 0.25) is 0 Å². The molecular weight excluding hydrogens is 204 g/mol. The average molecular weight is 208 g/mol. The van der Waals surface area contributed by atoms with Crippen LogP contribution in [0.2, 0.25) is 0 Å². The largest absolute Gasteiger partial charge is 0.362 e. The molecule has 0 bridgehead atoms. The van der Waals surface area contributed by atoms with Crippen molar-refractivity contribution in [1.29, 1.82) is 0 Å². The summed E-state index contributed by atoms with van der Waals surface area (Å²) in [5.41, 5.74) is 0. The van der Waals surface area contributed by atoms with Crippen LogP contribution in [0.25, 0.3) is 0 Å². The van der Waals surface area contributed by atoms with Crippen LogP contribution in [0.15, 0.2) is 10.3 Å². The first-order chi connectivity index (χ1) is 5.90. The molecule has 0 fully saturated rings. The van der Waals surface area contributed by atoms with E-state index in [9.17, 15) is 18.0 Å². The van der Waals surface area contributed by atoms with E-state index < -0.39 is 22.2 Å². The van der Waals surface area contributed by atoms with Crippen molar-refractivity contribution in [3.63, 3.8) is 0 Å². The minimum absolute atomic E-state index is 0.202. The number of nitrogens with zero attached hydrogens (tertiary/aromatic N) is 3. The summed E-state index contributed by atoms with van der Waals surface area (Å²) >= 11 is 0. The van der Waals surface area contributed by atoms with Crippen molar-refractivity contribution in [3.05, 3.63) is 0 Å². The van der Waals surface area contributed by atoms with E-state index in [1.807, 2.05) is 0 Å². The molecule has 0 spiro atoms. The molecular formula is C3H4N4O5S. The minimum Gasteiger partial charge on any atom is -0.270 e. The smallest absolute Gasteiger partial charge is 0.270 e. The van der Waals surface area contributed by atoms with E-state index in [-0.39, 0.29) is 11.6 Å². The summed E-state index contributed by atoms with van der Waals surface area (Å²) in [6.07, 6.45) is 0. The predicted molar refractivity (Wildman–Crippen MR) is 36.6 cm³/mol. The first-order valence-electron chi connectivity index (χ1n) is 2.90. The van der Waals surface area contributed by atoms with Crippen LogP contribution in [0.5, 0.6) is 0 Å². The maximum absolute atomic E-state index is 10.8. The van der Waals surface area contributed by atoms with Gasteiger partial charge in [-0.15, -0.1) is 5.01 Å². The van der Waals surface area contributed by atoms with E-state index in [1.165, 1.54) is 0 Å². The molecule has 9 nitrogen and oxygen atoms in total. The molecule has 1 aliphatic heterocycles. The predicted octanol–water partition coefficient (Wildman–Crippen LogP) is -1.29. The second-order valence-corrected chi connectivity index (χ2v) is 3.13. The van der Waals surface area contributed by atoms with Crippen LogP contribution in [0.1, 0.15) is 0 Å². The molecule has 0 atom stereocenters. The van der Waals surface area contributed by atoms with Gasteiger partial charge in [0.25, 0.3) is 5.91 Å². The molecule has 1 rings (SSSR count). The molecule has 0 unspecified atom stereocenters. The fourth-order valence-corrected chi connectivity index (χ4v) is 0.887. The van der Waals surface area contributed by atoms with Gasteiger partial charge in [-0.1, -0.05) is 5.22 Å². The van der Waals surface area contributed by atoms with E-state index in [0.717, 1.165) is 4.72 Å². The molecule has 1 aliphatic rings. The number of amides is 3. The molecule has 1 heterocycles. The fourth-order valence-electron chi connectivity index (χ4n) is 0.580.